The Balaban J connectivity index is 2.34. The third kappa shape index (κ3) is 1.15. The van der Waals surface area contributed by atoms with E-state index in [1.165, 1.54) is 17.0 Å². The number of aliphatic imine (C=N–C) groups is 1. The molecule has 1 N–H and O–H groups in total. The lowest BCUT2D eigenvalue weighted by molar-refractivity contribution is 0.857. The number of nitrogens with zero attached hydrogens (tertiary/aromatic N) is 2. The van der Waals surface area contributed by atoms with E-state index in [2.05, 4.69) is 22.1 Å². The minimum Gasteiger partial charge on any atom is -0.292 e. The Morgan fingerprint density at radius 3 is 3.33 bits per heavy atom. The summed E-state index contributed by atoms with van der Waals surface area (Å²) in [6.07, 6.45) is 5.17. The first-order valence-electron chi connectivity index (χ1n) is 4.47. The fraction of sp³-hybridized carbons (Fsp3) is 0.556. The van der Waals surface area contributed by atoms with Crippen LogP contribution in [0.25, 0.3) is 0 Å². The number of aryl methyl sites for hydroxylation is 1. The van der Waals surface area contributed by atoms with Crippen LogP contribution in [0, 0.1) is 0 Å². The zero-order valence-corrected chi connectivity index (χ0v) is 7.30. The Hall–Kier alpha value is -1.12. The van der Waals surface area contributed by atoms with Crippen LogP contribution >= 0.6 is 0 Å². The third-order valence-electron chi connectivity index (χ3n) is 2.16. The average Bonchev–Trinajstić information content (AvgIpc) is 2.50. The number of aromatic amines is 1. The van der Waals surface area contributed by atoms with Crippen molar-refractivity contribution in [2.24, 2.45) is 4.99 Å². The van der Waals surface area contributed by atoms with Gasteiger partial charge in [0.2, 0.25) is 0 Å². The van der Waals surface area contributed by atoms with Crippen molar-refractivity contribution in [3.8, 4) is 0 Å². The van der Waals surface area contributed by atoms with Gasteiger partial charge >= 0.3 is 0 Å². The van der Waals surface area contributed by atoms with Crippen LogP contribution in [0.5, 0.6) is 0 Å². The molecular formula is C9H13N3. The second-order valence-corrected chi connectivity index (χ2v) is 3.10. The lowest BCUT2D eigenvalue weighted by Crippen LogP contribution is -2.02. The van der Waals surface area contributed by atoms with Crippen LogP contribution in [0.15, 0.2) is 4.99 Å². The summed E-state index contributed by atoms with van der Waals surface area (Å²) < 4.78 is 0. The van der Waals surface area contributed by atoms with Crippen molar-refractivity contribution < 1.29 is 0 Å². The Morgan fingerprint density at radius 1 is 1.58 bits per heavy atom. The van der Waals surface area contributed by atoms with Gasteiger partial charge in [0.15, 0.2) is 0 Å². The molecule has 1 aromatic rings. The quantitative estimate of drug-likeness (QED) is 0.702. The first-order chi connectivity index (χ1) is 5.92. The van der Waals surface area contributed by atoms with E-state index in [0.29, 0.717) is 0 Å². The molecule has 12 heavy (non-hydrogen) atoms. The maximum atomic E-state index is 4.27. The van der Waals surface area contributed by atoms with Crippen molar-refractivity contribution in [2.45, 2.75) is 26.2 Å². The molecule has 0 saturated carbocycles. The van der Waals surface area contributed by atoms with E-state index in [1.54, 1.807) is 0 Å². The van der Waals surface area contributed by atoms with E-state index in [4.69, 9.17) is 0 Å². The summed E-state index contributed by atoms with van der Waals surface area (Å²) >= 11 is 0. The van der Waals surface area contributed by atoms with Crippen LogP contribution in [0.2, 0.25) is 0 Å². The van der Waals surface area contributed by atoms with Gasteiger partial charge in [-0.2, -0.15) is 5.10 Å². The number of hydrogen-bond acceptors (Lipinski definition) is 2. The van der Waals surface area contributed by atoms with Crippen molar-refractivity contribution in [2.75, 3.05) is 6.54 Å². The van der Waals surface area contributed by atoms with Crippen LogP contribution in [0.4, 0.5) is 0 Å². The molecule has 0 unspecified atom stereocenters. The highest BCUT2D eigenvalue weighted by molar-refractivity contribution is 5.83. The normalized spacial score (nSPS) is 14.8. The number of fused-ring (bicyclic) bond motifs is 1. The Labute approximate surface area is 71.9 Å². The van der Waals surface area contributed by atoms with E-state index >= 15 is 0 Å². The molecule has 3 heteroatoms. The standard InChI is InChI=1S/C9H13N3/c1-2-3-8-7-6-10-5-4-9(7)12-11-8/h6H,2-5H2,1H3,(H,11,12). The number of rotatable bonds is 2. The van der Waals surface area contributed by atoms with Crippen molar-refractivity contribution in [3.05, 3.63) is 17.0 Å². The molecule has 0 spiro atoms. The molecule has 1 aliphatic heterocycles. The van der Waals surface area contributed by atoms with Gasteiger partial charge in [0.1, 0.15) is 0 Å². The molecular weight excluding hydrogens is 150 g/mol. The molecule has 1 aromatic heterocycles. The van der Waals surface area contributed by atoms with Crippen molar-refractivity contribution >= 4 is 6.21 Å². The van der Waals surface area contributed by atoms with Gasteiger partial charge in [-0.3, -0.25) is 10.1 Å². The lowest BCUT2D eigenvalue weighted by atomic mass is 10.1. The zero-order chi connectivity index (χ0) is 8.39. The maximum absolute atomic E-state index is 4.27. The third-order valence-corrected chi connectivity index (χ3v) is 2.16. The molecule has 64 valence electrons. The average molecular weight is 163 g/mol. The fourth-order valence-corrected chi connectivity index (χ4v) is 1.53. The fourth-order valence-electron chi connectivity index (χ4n) is 1.53. The van der Waals surface area contributed by atoms with Crippen LogP contribution in [0.3, 0.4) is 0 Å². The minimum absolute atomic E-state index is 0.904. The monoisotopic (exact) mass is 163 g/mol. The van der Waals surface area contributed by atoms with Crippen LogP contribution in [-0.2, 0) is 12.8 Å². The van der Waals surface area contributed by atoms with Gasteiger partial charge in [-0.25, -0.2) is 0 Å². The molecule has 0 aromatic carbocycles. The van der Waals surface area contributed by atoms with Gasteiger partial charge in [0.25, 0.3) is 0 Å². The molecule has 0 atom stereocenters. The Bertz CT molecular complexity index is 299. The number of nitrogens with one attached hydrogen (secondary N) is 1. The second kappa shape index (κ2) is 3.09. The van der Waals surface area contributed by atoms with Crippen molar-refractivity contribution in [1.82, 2.24) is 10.2 Å². The number of H-pyrrole nitrogens is 1. The number of aromatic nitrogens is 2. The topological polar surface area (TPSA) is 41.0 Å². The molecule has 3 nitrogen and oxygen atoms in total. The molecule has 1 aliphatic rings. The van der Waals surface area contributed by atoms with Gasteiger partial charge in [-0.1, -0.05) is 13.3 Å². The van der Waals surface area contributed by atoms with Gasteiger partial charge in [0.05, 0.1) is 5.69 Å². The summed E-state index contributed by atoms with van der Waals surface area (Å²) in [5.74, 6) is 0. The van der Waals surface area contributed by atoms with Crippen molar-refractivity contribution in [1.29, 1.82) is 0 Å². The van der Waals surface area contributed by atoms with Crippen LogP contribution in [0.1, 0.15) is 30.3 Å². The van der Waals surface area contributed by atoms with E-state index in [-0.39, 0.29) is 0 Å². The van der Waals surface area contributed by atoms with Crippen LogP contribution in [-0.4, -0.2) is 23.0 Å². The van der Waals surface area contributed by atoms with Gasteiger partial charge in [-0.15, -0.1) is 0 Å². The molecule has 0 radical (unpaired) electrons. The maximum Gasteiger partial charge on any atom is 0.0712 e. The first kappa shape index (κ1) is 7.53. The predicted molar refractivity (Wildman–Crippen MR) is 48.7 cm³/mol. The van der Waals surface area contributed by atoms with Crippen molar-refractivity contribution in [3.63, 3.8) is 0 Å². The Kier molecular flexibility index (Phi) is 1.94. The minimum atomic E-state index is 0.904. The number of hydrogen-bond donors (Lipinski definition) is 1. The van der Waals surface area contributed by atoms with Gasteiger partial charge in [0, 0.05) is 30.4 Å². The van der Waals surface area contributed by atoms with E-state index in [0.717, 1.165) is 25.8 Å². The summed E-state index contributed by atoms with van der Waals surface area (Å²) in [5.41, 5.74) is 3.67. The highest BCUT2D eigenvalue weighted by atomic mass is 15.1. The summed E-state index contributed by atoms with van der Waals surface area (Å²) in [4.78, 5) is 4.25. The van der Waals surface area contributed by atoms with E-state index in [1.807, 2.05) is 6.21 Å². The van der Waals surface area contributed by atoms with Gasteiger partial charge in [-0.05, 0) is 6.42 Å². The molecule has 0 amide bonds. The SMILES string of the molecule is CCCc1n[nH]c2c1C=NCC2. The summed E-state index contributed by atoms with van der Waals surface area (Å²) in [7, 11) is 0. The van der Waals surface area contributed by atoms with E-state index in [9.17, 15) is 0 Å². The second-order valence-electron chi connectivity index (χ2n) is 3.10. The lowest BCUT2D eigenvalue weighted by Gasteiger charge is -2.03. The summed E-state index contributed by atoms with van der Waals surface area (Å²) in [5, 5.41) is 7.34. The van der Waals surface area contributed by atoms with Crippen LogP contribution < -0.4 is 0 Å². The first-order valence-corrected chi connectivity index (χ1v) is 4.47. The summed E-state index contributed by atoms with van der Waals surface area (Å²) in [6.45, 7) is 3.07. The predicted octanol–water partition coefficient (Wildman–Crippen LogP) is 1.34. The Morgan fingerprint density at radius 2 is 2.50 bits per heavy atom. The molecule has 0 bridgehead atoms. The van der Waals surface area contributed by atoms with E-state index < -0.39 is 0 Å². The van der Waals surface area contributed by atoms with Gasteiger partial charge < -0.3 is 0 Å². The highest BCUT2D eigenvalue weighted by Crippen LogP contribution is 2.14. The largest absolute Gasteiger partial charge is 0.292 e. The molecule has 0 fully saturated rings. The highest BCUT2D eigenvalue weighted by Gasteiger charge is 2.12. The molecule has 2 heterocycles. The summed E-state index contributed by atoms with van der Waals surface area (Å²) in [6, 6.07) is 0. The zero-order valence-electron chi connectivity index (χ0n) is 7.30. The molecule has 0 saturated heterocycles. The smallest absolute Gasteiger partial charge is 0.0712 e. The molecule has 2 rings (SSSR count). The molecule has 0 aliphatic carbocycles.